The molecule has 1 aliphatic heterocycles. The predicted molar refractivity (Wildman–Crippen MR) is 169 cm³/mol. The molecule has 2 aromatic carbocycles. The van der Waals surface area contributed by atoms with Crippen molar-refractivity contribution in [3.8, 4) is 0 Å². The molecule has 1 saturated heterocycles. The molecular formula is C32H32N4O10S. The molecule has 1 aliphatic rings. The van der Waals surface area contributed by atoms with Gasteiger partial charge < -0.3 is 23.7 Å². The number of rotatable bonds is 10. The van der Waals surface area contributed by atoms with E-state index in [-0.39, 0.29) is 10.5 Å². The number of benzene rings is 2. The van der Waals surface area contributed by atoms with Crippen molar-refractivity contribution in [2.24, 2.45) is 5.10 Å². The van der Waals surface area contributed by atoms with E-state index in [1.54, 1.807) is 30.3 Å². The van der Waals surface area contributed by atoms with E-state index in [2.05, 4.69) is 10.2 Å². The van der Waals surface area contributed by atoms with Gasteiger partial charge in [0.1, 0.15) is 12.7 Å². The third-order valence-electron chi connectivity index (χ3n) is 6.57. The summed E-state index contributed by atoms with van der Waals surface area (Å²) >= 11 is 5.68. The second kappa shape index (κ2) is 15.8. The highest BCUT2D eigenvalue weighted by Gasteiger charge is 2.53. The Morgan fingerprint density at radius 2 is 1.36 bits per heavy atom. The van der Waals surface area contributed by atoms with Crippen LogP contribution in [-0.4, -0.2) is 75.6 Å². The van der Waals surface area contributed by atoms with Gasteiger partial charge in [0.15, 0.2) is 30.2 Å². The van der Waals surface area contributed by atoms with Crippen molar-refractivity contribution in [3.63, 3.8) is 0 Å². The normalized spacial score (nSPS) is 20.9. The molecule has 0 saturated carbocycles. The highest BCUT2D eigenvalue weighted by Crippen LogP contribution is 2.34. The standard InChI is InChI=1S/C32H32N4O10S/c1-19(37)42-18-26-27(43-20(2)38)28(44-21(3)39)29(45-22(4)40)31(46-26)36-32(47)35(33-17-24-13-9-6-10-14-24)30(41)25(34-36)16-15-23-11-7-5-8-12-23/h5-17,26-29,31H,18H2,1-4H3/b16-15+,33-17+/t26-,27-,28+,29-,31-/m1/s1. The maximum atomic E-state index is 13.7. The second-order valence-electron chi connectivity index (χ2n) is 10.2. The van der Waals surface area contributed by atoms with E-state index in [4.69, 9.17) is 35.9 Å². The number of hydrogen-bond acceptors (Lipinski definition) is 13. The van der Waals surface area contributed by atoms with Crippen LogP contribution in [0.2, 0.25) is 0 Å². The number of nitrogens with zero attached hydrogens (tertiary/aromatic N) is 4. The molecule has 0 spiro atoms. The lowest BCUT2D eigenvalue weighted by Gasteiger charge is -2.44. The van der Waals surface area contributed by atoms with Gasteiger partial charge in [0, 0.05) is 27.7 Å². The summed E-state index contributed by atoms with van der Waals surface area (Å²) in [4.78, 5) is 62.3. The van der Waals surface area contributed by atoms with Gasteiger partial charge in [-0.1, -0.05) is 66.7 Å². The van der Waals surface area contributed by atoms with Crippen LogP contribution in [0.15, 0.2) is 70.6 Å². The summed E-state index contributed by atoms with van der Waals surface area (Å²) in [7, 11) is 0. The van der Waals surface area contributed by atoms with Crippen LogP contribution in [0.4, 0.5) is 0 Å². The minimum Gasteiger partial charge on any atom is -0.463 e. The first-order valence-electron chi connectivity index (χ1n) is 14.3. The van der Waals surface area contributed by atoms with Crippen LogP contribution in [0, 0.1) is 4.77 Å². The van der Waals surface area contributed by atoms with Gasteiger partial charge in [-0.15, -0.1) is 0 Å². The lowest BCUT2D eigenvalue weighted by molar-refractivity contribution is -0.271. The number of esters is 4. The molecule has 14 nitrogen and oxygen atoms in total. The molecule has 2 heterocycles. The number of aromatic nitrogens is 3. The van der Waals surface area contributed by atoms with Crippen LogP contribution in [-0.2, 0) is 42.9 Å². The van der Waals surface area contributed by atoms with E-state index in [1.807, 2.05) is 36.4 Å². The second-order valence-corrected chi connectivity index (χ2v) is 10.6. The van der Waals surface area contributed by atoms with Crippen molar-refractivity contribution in [1.82, 2.24) is 14.5 Å². The topological polar surface area (TPSA) is 167 Å². The molecule has 0 bridgehead atoms. The lowest BCUT2D eigenvalue weighted by atomic mass is 9.97. The van der Waals surface area contributed by atoms with Crippen LogP contribution >= 0.6 is 12.2 Å². The van der Waals surface area contributed by atoms with Gasteiger partial charge in [-0.05, 0) is 29.4 Å². The molecule has 47 heavy (non-hydrogen) atoms. The van der Waals surface area contributed by atoms with E-state index in [0.717, 1.165) is 42.6 Å². The van der Waals surface area contributed by atoms with Crippen LogP contribution < -0.4 is 5.56 Å². The first-order valence-corrected chi connectivity index (χ1v) is 14.7. The maximum Gasteiger partial charge on any atom is 0.303 e. The van der Waals surface area contributed by atoms with Gasteiger partial charge in [-0.25, -0.2) is 4.68 Å². The van der Waals surface area contributed by atoms with E-state index >= 15 is 0 Å². The Hall–Kier alpha value is -5.28. The molecule has 0 radical (unpaired) electrons. The highest BCUT2D eigenvalue weighted by atomic mass is 32.1. The van der Waals surface area contributed by atoms with Gasteiger partial charge in [0.25, 0.3) is 0 Å². The summed E-state index contributed by atoms with van der Waals surface area (Å²) in [5, 5.41) is 8.79. The average molecular weight is 665 g/mol. The fourth-order valence-electron chi connectivity index (χ4n) is 4.67. The number of hydrogen-bond donors (Lipinski definition) is 0. The summed E-state index contributed by atoms with van der Waals surface area (Å²) in [6.45, 7) is 4.03. The monoisotopic (exact) mass is 664 g/mol. The smallest absolute Gasteiger partial charge is 0.303 e. The first kappa shape index (κ1) is 34.6. The Kier molecular flexibility index (Phi) is 11.6. The summed E-state index contributed by atoms with van der Waals surface area (Å²) in [6.07, 6.45) is -2.68. The van der Waals surface area contributed by atoms with Crippen molar-refractivity contribution >= 4 is 54.5 Å². The predicted octanol–water partition coefficient (Wildman–Crippen LogP) is 3.08. The molecule has 246 valence electrons. The van der Waals surface area contributed by atoms with Gasteiger partial charge in [0.2, 0.25) is 4.77 Å². The Morgan fingerprint density at radius 1 is 0.809 bits per heavy atom. The lowest BCUT2D eigenvalue weighted by Crippen LogP contribution is -2.61. The third-order valence-corrected chi connectivity index (χ3v) is 6.93. The molecule has 0 aliphatic carbocycles. The van der Waals surface area contributed by atoms with Crippen LogP contribution in [0.3, 0.4) is 0 Å². The quantitative estimate of drug-likeness (QED) is 0.135. The molecule has 0 amide bonds. The Balaban J connectivity index is 1.94. The number of carbonyl (C=O) groups excluding carboxylic acids is 4. The number of carbonyl (C=O) groups is 4. The van der Waals surface area contributed by atoms with Crippen molar-refractivity contribution in [2.75, 3.05) is 6.61 Å². The first-order chi connectivity index (χ1) is 22.4. The summed E-state index contributed by atoms with van der Waals surface area (Å²) in [6, 6.07) is 18.0. The van der Waals surface area contributed by atoms with Crippen LogP contribution in [0.25, 0.3) is 12.2 Å². The molecule has 0 N–H and O–H groups in total. The van der Waals surface area contributed by atoms with E-state index < -0.39 is 66.7 Å². The fraction of sp³-hybridized carbons (Fsp3) is 0.312. The Bertz CT molecular complexity index is 1790. The van der Waals surface area contributed by atoms with E-state index in [0.29, 0.717) is 5.56 Å². The van der Waals surface area contributed by atoms with Crippen molar-refractivity contribution in [3.05, 3.63) is 92.6 Å². The maximum absolute atomic E-state index is 13.7. The molecule has 1 fully saturated rings. The summed E-state index contributed by atoms with van der Waals surface area (Å²) in [5.41, 5.74) is 0.594. The third kappa shape index (κ3) is 9.14. The van der Waals surface area contributed by atoms with Crippen LogP contribution in [0.1, 0.15) is 50.7 Å². The molecule has 0 unspecified atom stereocenters. The molecule has 1 aromatic heterocycles. The van der Waals surface area contributed by atoms with E-state index in [1.165, 1.54) is 12.3 Å². The molecule has 15 heteroatoms. The Morgan fingerprint density at radius 3 is 1.94 bits per heavy atom. The minimum atomic E-state index is -1.52. The van der Waals surface area contributed by atoms with Crippen molar-refractivity contribution in [2.45, 2.75) is 58.3 Å². The zero-order chi connectivity index (χ0) is 34.1. The summed E-state index contributed by atoms with van der Waals surface area (Å²) < 4.78 is 29.7. The van der Waals surface area contributed by atoms with Crippen molar-refractivity contribution < 1.29 is 42.9 Å². The minimum absolute atomic E-state index is 0.138. The van der Waals surface area contributed by atoms with Gasteiger partial charge >= 0.3 is 29.4 Å². The van der Waals surface area contributed by atoms with Gasteiger partial charge in [-0.2, -0.15) is 14.9 Å². The zero-order valence-corrected chi connectivity index (χ0v) is 26.7. The fourth-order valence-corrected chi connectivity index (χ4v) is 4.95. The van der Waals surface area contributed by atoms with Gasteiger partial charge in [-0.3, -0.25) is 24.0 Å². The molecular weight excluding hydrogens is 632 g/mol. The molecule has 4 rings (SSSR count). The molecule has 3 aromatic rings. The average Bonchev–Trinajstić information content (AvgIpc) is 3.02. The van der Waals surface area contributed by atoms with Crippen molar-refractivity contribution in [1.29, 1.82) is 0 Å². The van der Waals surface area contributed by atoms with Gasteiger partial charge in [0.05, 0.1) is 6.21 Å². The summed E-state index contributed by atoms with van der Waals surface area (Å²) in [5.74, 6) is -3.08. The number of ether oxygens (including phenoxy) is 5. The SMILES string of the molecule is CC(=O)OC[C@H]1O[C@@H](n2nc(/C=C/c3ccccc3)c(=O)n(/N=C/c3ccccc3)c2=S)[C@H](OC(C)=O)[C@@H](OC(C)=O)[C@@H]1OC(C)=O. The zero-order valence-electron chi connectivity index (χ0n) is 25.9. The highest BCUT2D eigenvalue weighted by molar-refractivity contribution is 7.71. The largest absolute Gasteiger partial charge is 0.463 e. The molecule has 5 atom stereocenters. The van der Waals surface area contributed by atoms with E-state index in [9.17, 15) is 24.0 Å². The van der Waals surface area contributed by atoms with Crippen LogP contribution in [0.5, 0.6) is 0 Å². The Labute approximate surface area is 274 Å².